The SMILES string of the molecule is NC(=NO)c1ccnc(OCc2cccc(Cl)c2)c1. The van der Waals surface area contributed by atoms with Crippen LogP contribution in [0.4, 0.5) is 0 Å². The number of hydrogen-bond acceptors (Lipinski definition) is 4. The highest BCUT2D eigenvalue weighted by atomic mass is 35.5. The molecule has 1 aromatic heterocycles. The molecule has 0 aliphatic heterocycles. The molecule has 0 aliphatic rings. The minimum atomic E-state index is 0.00926. The highest BCUT2D eigenvalue weighted by Crippen LogP contribution is 2.14. The third-order valence-corrected chi connectivity index (χ3v) is 2.65. The van der Waals surface area contributed by atoms with Gasteiger partial charge in [0.25, 0.3) is 0 Å². The van der Waals surface area contributed by atoms with Crippen molar-refractivity contribution in [3.8, 4) is 5.88 Å². The lowest BCUT2D eigenvalue weighted by atomic mass is 10.2. The van der Waals surface area contributed by atoms with Gasteiger partial charge in [0, 0.05) is 22.8 Å². The van der Waals surface area contributed by atoms with Crippen molar-refractivity contribution in [1.29, 1.82) is 0 Å². The number of amidine groups is 1. The molecule has 98 valence electrons. The first-order valence-corrected chi connectivity index (χ1v) is 5.88. The Labute approximate surface area is 115 Å². The van der Waals surface area contributed by atoms with E-state index in [9.17, 15) is 0 Å². The topological polar surface area (TPSA) is 80.7 Å². The maximum Gasteiger partial charge on any atom is 0.214 e. The summed E-state index contributed by atoms with van der Waals surface area (Å²) >= 11 is 5.88. The largest absolute Gasteiger partial charge is 0.473 e. The number of rotatable bonds is 4. The van der Waals surface area contributed by atoms with Gasteiger partial charge in [-0.2, -0.15) is 0 Å². The number of halogens is 1. The molecular formula is C13H12ClN3O2. The van der Waals surface area contributed by atoms with E-state index in [2.05, 4.69) is 10.1 Å². The summed E-state index contributed by atoms with van der Waals surface area (Å²) in [4.78, 5) is 4.05. The Kier molecular flexibility index (Phi) is 4.20. The summed E-state index contributed by atoms with van der Waals surface area (Å²) in [5, 5.41) is 12.2. The van der Waals surface area contributed by atoms with Gasteiger partial charge in [-0.1, -0.05) is 28.9 Å². The quantitative estimate of drug-likeness (QED) is 0.389. The van der Waals surface area contributed by atoms with Crippen LogP contribution in [-0.4, -0.2) is 16.0 Å². The van der Waals surface area contributed by atoms with E-state index >= 15 is 0 Å². The van der Waals surface area contributed by atoms with Crippen LogP contribution >= 0.6 is 11.6 Å². The van der Waals surface area contributed by atoms with Crippen molar-refractivity contribution in [1.82, 2.24) is 4.98 Å². The summed E-state index contributed by atoms with van der Waals surface area (Å²) in [5.41, 5.74) is 6.96. The Hall–Kier alpha value is -2.27. The van der Waals surface area contributed by atoms with Crippen molar-refractivity contribution in [3.63, 3.8) is 0 Å². The average molecular weight is 278 g/mol. The number of pyridine rings is 1. The molecule has 1 heterocycles. The van der Waals surface area contributed by atoms with E-state index in [0.29, 0.717) is 23.1 Å². The summed E-state index contributed by atoms with van der Waals surface area (Å²) in [6, 6.07) is 10.6. The van der Waals surface area contributed by atoms with Crippen molar-refractivity contribution in [2.75, 3.05) is 0 Å². The van der Waals surface area contributed by atoms with Crippen molar-refractivity contribution in [2.45, 2.75) is 6.61 Å². The minimum Gasteiger partial charge on any atom is -0.473 e. The van der Waals surface area contributed by atoms with Gasteiger partial charge in [-0.15, -0.1) is 0 Å². The monoisotopic (exact) mass is 277 g/mol. The molecule has 0 saturated heterocycles. The molecule has 0 amide bonds. The fourth-order valence-corrected chi connectivity index (χ4v) is 1.70. The van der Waals surface area contributed by atoms with Crippen LogP contribution in [0.2, 0.25) is 5.02 Å². The average Bonchev–Trinajstić information content (AvgIpc) is 2.45. The van der Waals surface area contributed by atoms with Gasteiger partial charge in [-0.05, 0) is 23.8 Å². The fourth-order valence-electron chi connectivity index (χ4n) is 1.49. The third kappa shape index (κ3) is 3.59. The summed E-state index contributed by atoms with van der Waals surface area (Å²) in [6.45, 7) is 0.340. The second-order valence-electron chi connectivity index (χ2n) is 3.79. The number of aromatic nitrogens is 1. The Morgan fingerprint density at radius 2 is 2.21 bits per heavy atom. The minimum absolute atomic E-state index is 0.00926. The normalized spacial score (nSPS) is 11.3. The van der Waals surface area contributed by atoms with Crippen LogP contribution in [-0.2, 0) is 6.61 Å². The van der Waals surface area contributed by atoms with Gasteiger partial charge in [-0.25, -0.2) is 4.98 Å². The molecule has 0 spiro atoms. The predicted molar refractivity (Wildman–Crippen MR) is 72.5 cm³/mol. The zero-order valence-corrected chi connectivity index (χ0v) is 10.7. The standard InChI is InChI=1S/C13H12ClN3O2/c14-11-3-1-2-9(6-11)8-19-12-7-10(4-5-16-12)13(15)17-18/h1-7,18H,8H2,(H2,15,17). The molecule has 0 bridgehead atoms. The van der Waals surface area contributed by atoms with E-state index in [4.69, 9.17) is 27.3 Å². The maximum absolute atomic E-state index is 8.60. The van der Waals surface area contributed by atoms with Gasteiger partial charge in [0.1, 0.15) is 6.61 Å². The van der Waals surface area contributed by atoms with Crippen LogP contribution < -0.4 is 10.5 Å². The number of benzene rings is 1. The van der Waals surface area contributed by atoms with Gasteiger partial charge >= 0.3 is 0 Å². The number of ether oxygens (including phenoxy) is 1. The van der Waals surface area contributed by atoms with Gasteiger partial charge < -0.3 is 15.7 Å². The van der Waals surface area contributed by atoms with E-state index in [1.54, 1.807) is 18.2 Å². The van der Waals surface area contributed by atoms with Crippen LogP contribution in [0.3, 0.4) is 0 Å². The summed E-state index contributed by atoms with van der Waals surface area (Å²) in [5.74, 6) is 0.402. The summed E-state index contributed by atoms with van der Waals surface area (Å²) in [6.07, 6.45) is 1.53. The number of hydrogen-bond donors (Lipinski definition) is 2. The van der Waals surface area contributed by atoms with Crippen LogP contribution in [0.1, 0.15) is 11.1 Å². The first-order chi connectivity index (χ1) is 9.19. The molecule has 6 heteroatoms. The molecule has 1 aromatic carbocycles. The predicted octanol–water partition coefficient (Wildman–Crippen LogP) is 2.41. The van der Waals surface area contributed by atoms with Gasteiger partial charge in [-0.3, -0.25) is 0 Å². The van der Waals surface area contributed by atoms with E-state index in [0.717, 1.165) is 5.56 Å². The van der Waals surface area contributed by atoms with Gasteiger partial charge in [0.05, 0.1) is 0 Å². The molecular weight excluding hydrogens is 266 g/mol. The molecule has 2 aromatic rings. The number of oxime groups is 1. The van der Waals surface area contributed by atoms with E-state index in [1.165, 1.54) is 6.20 Å². The molecule has 0 fully saturated rings. The van der Waals surface area contributed by atoms with E-state index < -0.39 is 0 Å². The lowest BCUT2D eigenvalue weighted by Crippen LogP contribution is -2.13. The highest BCUT2D eigenvalue weighted by molar-refractivity contribution is 6.30. The molecule has 0 saturated carbocycles. The smallest absolute Gasteiger partial charge is 0.214 e. The highest BCUT2D eigenvalue weighted by Gasteiger charge is 2.03. The molecule has 2 rings (SSSR count). The Balaban J connectivity index is 2.08. The maximum atomic E-state index is 8.60. The zero-order chi connectivity index (χ0) is 13.7. The Morgan fingerprint density at radius 3 is 2.95 bits per heavy atom. The van der Waals surface area contributed by atoms with Gasteiger partial charge in [0.2, 0.25) is 5.88 Å². The van der Waals surface area contributed by atoms with Gasteiger partial charge in [0.15, 0.2) is 5.84 Å². The van der Waals surface area contributed by atoms with E-state index in [-0.39, 0.29) is 5.84 Å². The van der Waals surface area contributed by atoms with Crippen LogP contribution in [0.15, 0.2) is 47.8 Å². The molecule has 0 unspecified atom stereocenters. The van der Waals surface area contributed by atoms with Crippen LogP contribution in [0, 0.1) is 0 Å². The second kappa shape index (κ2) is 6.06. The van der Waals surface area contributed by atoms with E-state index in [1.807, 2.05) is 18.2 Å². The number of nitrogens with two attached hydrogens (primary N) is 1. The lowest BCUT2D eigenvalue weighted by Gasteiger charge is -2.06. The molecule has 0 radical (unpaired) electrons. The van der Waals surface area contributed by atoms with Crippen LogP contribution in [0.25, 0.3) is 0 Å². The molecule has 5 nitrogen and oxygen atoms in total. The second-order valence-corrected chi connectivity index (χ2v) is 4.22. The van der Waals surface area contributed by atoms with Crippen LogP contribution in [0.5, 0.6) is 5.88 Å². The van der Waals surface area contributed by atoms with Crippen molar-refractivity contribution < 1.29 is 9.94 Å². The Morgan fingerprint density at radius 1 is 1.37 bits per heavy atom. The Bertz CT molecular complexity index is 602. The third-order valence-electron chi connectivity index (χ3n) is 2.41. The van der Waals surface area contributed by atoms with Crippen molar-refractivity contribution >= 4 is 17.4 Å². The molecule has 3 N–H and O–H groups in total. The first-order valence-electron chi connectivity index (χ1n) is 5.50. The molecule has 0 atom stereocenters. The fraction of sp³-hybridized carbons (Fsp3) is 0.0769. The zero-order valence-electron chi connectivity index (χ0n) is 9.95. The lowest BCUT2D eigenvalue weighted by molar-refractivity contribution is 0.293. The number of nitrogens with zero attached hydrogens (tertiary/aromatic N) is 2. The first kappa shape index (κ1) is 13.2. The van der Waals surface area contributed by atoms with Crippen molar-refractivity contribution in [3.05, 3.63) is 58.7 Å². The summed E-state index contributed by atoms with van der Waals surface area (Å²) in [7, 11) is 0. The van der Waals surface area contributed by atoms with Crippen molar-refractivity contribution in [2.24, 2.45) is 10.9 Å². The summed E-state index contributed by atoms with van der Waals surface area (Å²) < 4.78 is 5.52. The molecule has 0 aliphatic carbocycles. The molecule has 19 heavy (non-hydrogen) atoms.